The van der Waals surface area contributed by atoms with Crippen molar-refractivity contribution in [1.29, 1.82) is 0 Å². The summed E-state index contributed by atoms with van der Waals surface area (Å²) >= 11 is 0. The van der Waals surface area contributed by atoms with Gasteiger partial charge in [0.05, 0.1) is 19.2 Å². The third kappa shape index (κ3) is 7.60. The van der Waals surface area contributed by atoms with Crippen molar-refractivity contribution in [1.82, 2.24) is 16.0 Å². The maximum absolute atomic E-state index is 12.4. The van der Waals surface area contributed by atoms with E-state index in [1.165, 1.54) is 31.2 Å². The molecule has 1 aromatic carbocycles. The Morgan fingerprint density at radius 2 is 1.68 bits per heavy atom. The molecule has 0 aromatic heterocycles. The van der Waals surface area contributed by atoms with E-state index in [2.05, 4.69) is 16.0 Å². The number of amides is 3. The summed E-state index contributed by atoms with van der Waals surface area (Å²) in [7, 11) is 0. The number of carbonyl (C=O) groups is 4. The lowest BCUT2D eigenvalue weighted by molar-refractivity contribution is -0.142. The minimum Gasteiger partial charge on any atom is -0.508 e. The molecular weight excluding hydrogens is 372 g/mol. The van der Waals surface area contributed by atoms with Crippen LogP contribution in [0.3, 0.4) is 0 Å². The molecule has 0 bridgehead atoms. The van der Waals surface area contributed by atoms with Gasteiger partial charge in [0, 0.05) is 6.42 Å². The lowest BCUT2D eigenvalue weighted by atomic mass is 10.0. The number of phenolic OH excluding ortho intramolecular Hbond substituents is 1. The molecular formula is C17H24N4O7. The number of benzene rings is 1. The fourth-order valence-corrected chi connectivity index (χ4v) is 2.21. The molecule has 3 amide bonds. The number of carboxylic acids is 1. The highest BCUT2D eigenvalue weighted by Gasteiger charge is 2.29. The first-order valence-electron chi connectivity index (χ1n) is 8.39. The van der Waals surface area contributed by atoms with Crippen molar-refractivity contribution < 1.29 is 34.5 Å². The van der Waals surface area contributed by atoms with Crippen LogP contribution in [-0.2, 0) is 25.6 Å². The summed E-state index contributed by atoms with van der Waals surface area (Å²) in [5.74, 6) is -3.54. The Morgan fingerprint density at radius 1 is 1.07 bits per heavy atom. The van der Waals surface area contributed by atoms with Gasteiger partial charge in [0.25, 0.3) is 0 Å². The molecule has 154 valence electrons. The molecule has 0 spiro atoms. The van der Waals surface area contributed by atoms with Crippen LogP contribution in [0.1, 0.15) is 12.5 Å². The largest absolute Gasteiger partial charge is 0.508 e. The van der Waals surface area contributed by atoms with Gasteiger partial charge in [-0.3, -0.25) is 14.4 Å². The predicted octanol–water partition coefficient (Wildman–Crippen LogP) is -2.56. The highest BCUT2D eigenvalue weighted by molar-refractivity contribution is 5.92. The molecule has 1 aromatic rings. The summed E-state index contributed by atoms with van der Waals surface area (Å²) in [5, 5.41) is 35.1. The second-order valence-corrected chi connectivity index (χ2v) is 6.04. The number of carboxylic acid groups (broad SMARTS) is 1. The van der Waals surface area contributed by atoms with Crippen molar-refractivity contribution in [2.24, 2.45) is 5.73 Å². The van der Waals surface area contributed by atoms with Crippen molar-refractivity contribution in [2.75, 3.05) is 13.1 Å². The second-order valence-electron chi connectivity index (χ2n) is 6.04. The summed E-state index contributed by atoms with van der Waals surface area (Å²) in [5.41, 5.74) is 5.64. The molecule has 1 rings (SSSR count). The number of aromatic hydroxyl groups is 1. The van der Waals surface area contributed by atoms with Crippen LogP contribution in [-0.4, -0.2) is 70.3 Å². The van der Waals surface area contributed by atoms with Gasteiger partial charge in [0.2, 0.25) is 17.7 Å². The van der Waals surface area contributed by atoms with Gasteiger partial charge in [-0.15, -0.1) is 0 Å². The van der Waals surface area contributed by atoms with E-state index in [9.17, 15) is 34.5 Å². The number of rotatable bonds is 10. The van der Waals surface area contributed by atoms with E-state index in [0.717, 1.165) is 0 Å². The van der Waals surface area contributed by atoms with Crippen LogP contribution in [0.5, 0.6) is 5.75 Å². The molecule has 0 radical (unpaired) electrons. The number of nitrogens with two attached hydrogens (primary N) is 1. The van der Waals surface area contributed by atoms with Crippen LogP contribution in [0.4, 0.5) is 0 Å². The van der Waals surface area contributed by atoms with Gasteiger partial charge >= 0.3 is 5.97 Å². The Bertz CT molecular complexity index is 706. The number of aliphatic hydroxyl groups is 1. The highest BCUT2D eigenvalue weighted by atomic mass is 16.4. The first-order chi connectivity index (χ1) is 13.1. The minimum absolute atomic E-state index is 0.0123. The topological polar surface area (TPSA) is 191 Å². The molecule has 8 N–H and O–H groups in total. The van der Waals surface area contributed by atoms with Crippen molar-refractivity contribution in [3.63, 3.8) is 0 Å². The molecule has 3 unspecified atom stereocenters. The molecule has 0 aliphatic carbocycles. The van der Waals surface area contributed by atoms with Crippen LogP contribution in [0.15, 0.2) is 24.3 Å². The first-order valence-corrected chi connectivity index (χ1v) is 8.39. The molecule has 0 aliphatic heterocycles. The zero-order chi connectivity index (χ0) is 21.3. The van der Waals surface area contributed by atoms with E-state index in [1.54, 1.807) is 0 Å². The van der Waals surface area contributed by atoms with Crippen LogP contribution in [0.2, 0.25) is 0 Å². The number of aliphatic hydroxyl groups excluding tert-OH is 1. The van der Waals surface area contributed by atoms with E-state index < -0.39 is 48.4 Å². The number of hydrogen-bond acceptors (Lipinski definition) is 7. The van der Waals surface area contributed by atoms with Gasteiger partial charge in [-0.1, -0.05) is 12.1 Å². The number of aliphatic carboxylic acids is 1. The molecule has 11 heteroatoms. The Balaban J connectivity index is 2.75. The number of nitrogens with one attached hydrogen (secondary N) is 3. The highest BCUT2D eigenvalue weighted by Crippen LogP contribution is 2.11. The van der Waals surface area contributed by atoms with E-state index in [4.69, 9.17) is 5.73 Å². The first kappa shape index (κ1) is 22.9. The smallest absolute Gasteiger partial charge is 0.326 e. The molecule has 0 saturated carbocycles. The number of phenols is 1. The Morgan fingerprint density at radius 3 is 2.18 bits per heavy atom. The second kappa shape index (κ2) is 10.8. The van der Waals surface area contributed by atoms with Crippen molar-refractivity contribution >= 4 is 23.7 Å². The van der Waals surface area contributed by atoms with Crippen LogP contribution < -0.4 is 21.7 Å². The molecule has 11 nitrogen and oxygen atoms in total. The van der Waals surface area contributed by atoms with Gasteiger partial charge in [-0.2, -0.15) is 0 Å². The fraction of sp³-hybridized carbons (Fsp3) is 0.412. The zero-order valence-electron chi connectivity index (χ0n) is 15.2. The van der Waals surface area contributed by atoms with Gasteiger partial charge in [0.15, 0.2) is 0 Å². The monoisotopic (exact) mass is 396 g/mol. The van der Waals surface area contributed by atoms with Crippen molar-refractivity contribution in [3.8, 4) is 5.75 Å². The molecule has 3 atom stereocenters. The van der Waals surface area contributed by atoms with Crippen molar-refractivity contribution in [2.45, 2.75) is 31.5 Å². The van der Waals surface area contributed by atoms with E-state index >= 15 is 0 Å². The van der Waals surface area contributed by atoms with Gasteiger partial charge in [-0.05, 0) is 24.6 Å². The normalized spacial score (nSPS) is 13.7. The van der Waals surface area contributed by atoms with E-state index in [1.807, 2.05) is 0 Å². The molecule has 0 aliphatic rings. The molecule has 0 fully saturated rings. The van der Waals surface area contributed by atoms with Crippen LogP contribution in [0, 0.1) is 0 Å². The quantitative estimate of drug-likeness (QED) is 0.225. The van der Waals surface area contributed by atoms with Gasteiger partial charge in [0.1, 0.15) is 17.8 Å². The van der Waals surface area contributed by atoms with Gasteiger partial charge < -0.3 is 37.0 Å². The third-order valence-corrected chi connectivity index (χ3v) is 3.70. The zero-order valence-corrected chi connectivity index (χ0v) is 15.2. The Kier molecular flexibility index (Phi) is 8.85. The Labute approximate surface area is 160 Å². The predicted molar refractivity (Wildman–Crippen MR) is 97.1 cm³/mol. The van der Waals surface area contributed by atoms with Crippen molar-refractivity contribution in [3.05, 3.63) is 29.8 Å². The summed E-state index contributed by atoms with van der Waals surface area (Å²) in [6.07, 6.45) is -1.40. The molecule has 28 heavy (non-hydrogen) atoms. The fourth-order valence-electron chi connectivity index (χ4n) is 2.21. The minimum atomic E-state index is -1.43. The lowest BCUT2D eigenvalue weighted by Crippen LogP contribution is -2.57. The Hall–Kier alpha value is -3.18. The average Bonchev–Trinajstić information content (AvgIpc) is 2.64. The summed E-state index contributed by atoms with van der Waals surface area (Å²) in [6.45, 7) is 0.478. The lowest BCUT2D eigenvalue weighted by Gasteiger charge is -2.23. The molecule has 0 heterocycles. The maximum atomic E-state index is 12.4. The molecule has 0 saturated heterocycles. The maximum Gasteiger partial charge on any atom is 0.326 e. The standard InChI is InChI=1S/C17H24N4O7/c1-9(22)15(21-14(25)8-19-13(24)7-18)16(26)20-12(17(27)28)6-10-2-4-11(23)5-3-10/h2-5,9,12,15,22-23H,6-8,18H2,1H3,(H,19,24)(H,20,26)(H,21,25)(H,27,28). The third-order valence-electron chi connectivity index (χ3n) is 3.70. The van der Waals surface area contributed by atoms with Crippen LogP contribution >= 0.6 is 0 Å². The summed E-state index contributed by atoms with van der Waals surface area (Å²) < 4.78 is 0. The number of carbonyl (C=O) groups excluding carboxylic acids is 3. The summed E-state index contributed by atoms with van der Waals surface area (Å²) in [6, 6.07) is 3.02. The van der Waals surface area contributed by atoms with E-state index in [-0.39, 0.29) is 18.7 Å². The van der Waals surface area contributed by atoms with E-state index in [0.29, 0.717) is 5.56 Å². The average molecular weight is 396 g/mol. The summed E-state index contributed by atoms with van der Waals surface area (Å²) in [4.78, 5) is 46.7. The number of hydrogen-bond donors (Lipinski definition) is 7. The van der Waals surface area contributed by atoms with Gasteiger partial charge in [-0.25, -0.2) is 4.79 Å². The van der Waals surface area contributed by atoms with Crippen LogP contribution in [0.25, 0.3) is 0 Å². The SMILES string of the molecule is CC(O)C(NC(=O)CNC(=O)CN)C(=O)NC(Cc1ccc(O)cc1)C(=O)O.